The summed E-state index contributed by atoms with van der Waals surface area (Å²) in [6.45, 7) is 1.93. The van der Waals surface area contributed by atoms with Gasteiger partial charge in [0.1, 0.15) is 0 Å². The number of benzene rings is 1. The summed E-state index contributed by atoms with van der Waals surface area (Å²) >= 11 is 6.03. The Bertz CT molecular complexity index is 523. The van der Waals surface area contributed by atoms with Crippen LogP contribution in [0.3, 0.4) is 0 Å². The van der Waals surface area contributed by atoms with Crippen molar-refractivity contribution in [2.24, 2.45) is 0 Å². The van der Waals surface area contributed by atoms with E-state index in [4.69, 9.17) is 11.6 Å². The van der Waals surface area contributed by atoms with Crippen LogP contribution < -0.4 is 5.32 Å². The lowest BCUT2D eigenvalue weighted by Gasteiger charge is -2.35. The van der Waals surface area contributed by atoms with E-state index >= 15 is 0 Å². The maximum atomic E-state index is 12.6. The fourth-order valence-corrected chi connectivity index (χ4v) is 3.61. The van der Waals surface area contributed by atoms with Crippen LogP contribution in [0.15, 0.2) is 18.2 Å². The molecule has 116 valence electrons. The molecule has 2 bridgehead atoms. The maximum Gasteiger partial charge on any atom is 0.253 e. The summed E-state index contributed by atoms with van der Waals surface area (Å²) in [4.78, 5) is 14.5. The Morgan fingerprint density at radius 2 is 1.90 bits per heavy atom. The highest BCUT2D eigenvalue weighted by molar-refractivity contribution is 6.31. The van der Waals surface area contributed by atoms with Crippen LogP contribution in [0.4, 0.5) is 0 Å². The lowest BCUT2D eigenvalue weighted by atomic mass is 9.98. The minimum absolute atomic E-state index is 0. The average molecular weight is 329 g/mol. The van der Waals surface area contributed by atoms with Gasteiger partial charge in [-0.1, -0.05) is 11.6 Å². The second-order valence-corrected chi connectivity index (χ2v) is 6.55. The van der Waals surface area contributed by atoms with Crippen LogP contribution in [0.25, 0.3) is 0 Å². The molecule has 1 aromatic rings. The van der Waals surface area contributed by atoms with Crippen LogP contribution in [0.5, 0.6) is 0 Å². The topological polar surface area (TPSA) is 32.3 Å². The lowest BCUT2D eigenvalue weighted by Crippen LogP contribution is -2.48. The summed E-state index contributed by atoms with van der Waals surface area (Å²) in [5, 5.41) is 4.33. The van der Waals surface area contributed by atoms with Crippen LogP contribution >= 0.6 is 24.0 Å². The van der Waals surface area contributed by atoms with Crippen molar-refractivity contribution in [2.75, 3.05) is 7.05 Å². The van der Waals surface area contributed by atoms with Gasteiger partial charge in [0.15, 0.2) is 0 Å². The number of rotatable bonds is 2. The number of carbonyl (C=O) groups excluding carboxylic acids is 1. The summed E-state index contributed by atoms with van der Waals surface area (Å²) in [6.07, 6.45) is 4.66. The number of fused-ring (bicyclic) bond motifs is 2. The highest BCUT2D eigenvalue weighted by atomic mass is 35.5. The molecule has 0 saturated carbocycles. The van der Waals surface area contributed by atoms with Crippen molar-refractivity contribution in [2.45, 2.75) is 50.7 Å². The molecule has 1 amide bonds. The Balaban J connectivity index is 0.00000161. The molecule has 2 saturated heterocycles. The van der Waals surface area contributed by atoms with Crippen LogP contribution in [0.1, 0.15) is 41.6 Å². The molecular formula is C16H22Cl2N2O. The molecule has 1 N–H and O–H groups in total. The van der Waals surface area contributed by atoms with E-state index in [-0.39, 0.29) is 18.3 Å². The number of nitrogens with zero attached hydrogens (tertiary/aromatic N) is 1. The van der Waals surface area contributed by atoms with Gasteiger partial charge in [-0.05, 0) is 56.4 Å². The fourth-order valence-electron chi connectivity index (χ4n) is 3.49. The Morgan fingerprint density at radius 3 is 2.48 bits per heavy atom. The molecule has 3 rings (SSSR count). The summed E-state index contributed by atoms with van der Waals surface area (Å²) in [5.41, 5.74) is 1.69. The summed E-state index contributed by atoms with van der Waals surface area (Å²) in [5.74, 6) is 0.107. The van der Waals surface area contributed by atoms with Gasteiger partial charge in [-0.15, -0.1) is 12.4 Å². The number of hydrogen-bond donors (Lipinski definition) is 1. The van der Waals surface area contributed by atoms with Crippen molar-refractivity contribution < 1.29 is 4.79 Å². The number of aryl methyl sites for hydroxylation is 1. The zero-order valence-corrected chi connectivity index (χ0v) is 14.0. The second kappa shape index (κ2) is 6.55. The normalized spacial score (nSPS) is 27.1. The van der Waals surface area contributed by atoms with Gasteiger partial charge in [0.2, 0.25) is 0 Å². The predicted octanol–water partition coefficient (Wildman–Crippen LogP) is 3.43. The number of nitrogens with one attached hydrogen (secondary N) is 1. The molecule has 0 spiro atoms. The summed E-state index contributed by atoms with van der Waals surface area (Å²) in [7, 11) is 1.93. The first-order valence-electron chi connectivity index (χ1n) is 7.34. The zero-order valence-electron chi connectivity index (χ0n) is 12.4. The second-order valence-electron chi connectivity index (χ2n) is 6.14. The van der Waals surface area contributed by atoms with E-state index < -0.39 is 0 Å². The third-order valence-electron chi connectivity index (χ3n) is 4.72. The smallest absolute Gasteiger partial charge is 0.253 e. The first-order valence-corrected chi connectivity index (χ1v) is 7.71. The molecular weight excluding hydrogens is 307 g/mol. The largest absolute Gasteiger partial charge is 0.339 e. The van der Waals surface area contributed by atoms with E-state index in [0.29, 0.717) is 23.1 Å². The molecule has 0 aromatic heterocycles. The van der Waals surface area contributed by atoms with Crippen molar-refractivity contribution in [1.82, 2.24) is 10.2 Å². The number of piperidine rings is 1. The Morgan fingerprint density at radius 1 is 1.29 bits per heavy atom. The molecule has 2 atom stereocenters. The predicted molar refractivity (Wildman–Crippen MR) is 88.5 cm³/mol. The third kappa shape index (κ3) is 3.36. The van der Waals surface area contributed by atoms with Gasteiger partial charge >= 0.3 is 0 Å². The molecule has 1 aromatic carbocycles. The number of hydrogen-bond acceptors (Lipinski definition) is 2. The molecule has 2 unspecified atom stereocenters. The van der Waals surface area contributed by atoms with Gasteiger partial charge in [0, 0.05) is 35.8 Å². The van der Waals surface area contributed by atoms with Gasteiger partial charge < -0.3 is 10.2 Å². The molecule has 5 heteroatoms. The molecule has 3 nitrogen and oxygen atoms in total. The minimum Gasteiger partial charge on any atom is -0.339 e. The Labute approximate surface area is 137 Å². The first kappa shape index (κ1) is 16.6. The van der Waals surface area contributed by atoms with Crippen molar-refractivity contribution in [1.29, 1.82) is 0 Å². The lowest BCUT2D eigenvalue weighted by molar-refractivity contribution is 0.0681. The SMILES string of the molecule is Cc1cc(C(=O)N(C)C2CC3CCC(C2)N3)ccc1Cl.Cl. The molecule has 0 aliphatic carbocycles. The quantitative estimate of drug-likeness (QED) is 0.902. The monoisotopic (exact) mass is 328 g/mol. The van der Waals surface area contributed by atoms with E-state index in [1.54, 1.807) is 0 Å². The van der Waals surface area contributed by atoms with Crippen LogP contribution in [0.2, 0.25) is 5.02 Å². The molecule has 2 aliphatic rings. The fraction of sp³-hybridized carbons (Fsp3) is 0.562. The van der Waals surface area contributed by atoms with Crippen LogP contribution in [-0.2, 0) is 0 Å². The first-order chi connectivity index (χ1) is 9.54. The third-order valence-corrected chi connectivity index (χ3v) is 5.15. The van der Waals surface area contributed by atoms with Gasteiger partial charge in [0.25, 0.3) is 5.91 Å². The number of amides is 1. The summed E-state index contributed by atoms with van der Waals surface area (Å²) in [6, 6.07) is 7.07. The Kier molecular flexibility index (Phi) is 5.18. The minimum atomic E-state index is 0. The van der Waals surface area contributed by atoms with Crippen molar-refractivity contribution in [3.8, 4) is 0 Å². The van der Waals surface area contributed by atoms with Crippen molar-refractivity contribution in [3.05, 3.63) is 34.3 Å². The van der Waals surface area contributed by atoms with E-state index in [2.05, 4.69) is 5.32 Å². The molecule has 2 heterocycles. The molecule has 2 aliphatic heterocycles. The highest BCUT2D eigenvalue weighted by Gasteiger charge is 2.36. The standard InChI is InChI=1S/C16H21ClN2O.ClH/c1-10-7-11(3-6-15(10)17)16(20)19(2)14-8-12-4-5-13(9-14)18-12;/h3,6-7,12-14,18H,4-5,8-9H2,1-2H3;1H. The van der Waals surface area contributed by atoms with Gasteiger partial charge in [-0.3, -0.25) is 4.79 Å². The van der Waals surface area contributed by atoms with E-state index in [9.17, 15) is 4.79 Å². The molecule has 21 heavy (non-hydrogen) atoms. The van der Waals surface area contributed by atoms with Crippen LogP contribution in [-0.4, -0.2) is 36.0 Å². The van der Waals surface area contributed by atoms with Crippen LogP contribution in [0, 0.1) is 6.92 Å². The van der Waals surface area contributed by atoms with Gasteiger partial charge in [-0.25, -0.2) is 0 Å². The van der Waals surface area contributed by atoms with Crippen molar-refractivity contribution >= 4 is 29.9 Å². The summed E-state index contributed by atoms with van der Waals surface area (Å²) < 4.78 is 0. The number of carbonyl (C=O) groups is 1. The Hall–Kier alpha value is -0.770. The van der Waals surface area contributed by atoms with Crippen molar-refractivity contribution in [3.63, 3.8) is 0 Å². The average Bonchev–Trinajstić information content (AvgIpc) is 2.79. The van der Waals surface area contributed by atoms with E-state index in [1.165, 1.54) is 12.8 Å². The number of halogens is 2. The van der Waals surface area contributed by atoms with Gasteiger partial charge in [0.05, 0.1) is 0 Å². The van der Waals surface area contributed by atoms with Gasteiger partial charge in [-0.2, -0.15) is 0 Å². The van der Waals surface area contributed by atoms with E-state index in [1.807, 2.05) is 37.1 Å². The molecule has 0 radical (unpaired) electrons. The molecule has 2 fully saturated rings. The highest BCUT2D eigenvalue weighted by Crippen LogP contribution is 2.30. The van der Waals surface area contributed by atoms with E-state index in [0.717, 1.165) is 24.0 Å². The zero-order chi connectivity index (χ0) is 14.3. The maximum absolute atomic E-state index is 12.6.